The van der Waals surface area contributed by atoms with Crippen LogP contribution in [0, 0.1) is 0 Å². The smallest absolute Gasteiger partial charge is 0.406 e. The van der Waals surface area contributed by atoms with E-state index in [2.05, 4.69) is 20.6 Å². The molecule has 4 rings (SSSR count). The van der Waals surface area contributed by atoms with Gasteiger partial charge in [-0.1, -0.05) is 0 Å². The predicted molar refractivity (Wildman–Crippen MR) is 92.8 cm³/mol. The molecule has 0 amide bonds. The van der Waals surface area contributed by atoms with Crippen molar-refractivity contribution in [3.8, 4) is 11.4 Å². The Morgan fingerprint density at radius 2 is 1.81 bits per heavy atom. The summed E-state index contributed by atoms with van der Waals surface area (Å²) in [6.45, 7) is 1.37. The van der Waals surface area contributed by atoms with Gasteiger partial charge in [0.05, 0.1) is 10.9 Å². The van der Waals surface area contributed by atoms with E-state index in [-0.39, 0.29) is 17.2 Å². The molecule has 0 radical (unpaired) electrons. The van der Waals surface area contributed by atoms with Gasteiger partial charge in [0.15, 0.2) is 0 Å². The number of hydrogen-bond acceptors (Lipinski definition) is 5. The van der Waals surface area contributed by atoms with Gasteiger partial charge >= 0.3 is 6.36 Å². The van der Waals surface area contributed by atoms with Crippen LogP contribution in [0.3, 0.4) is 0 Å². The molecule has 1 saturated heterocycles. The molecule has 1 aromatic carbocycles. The summed E-state index contributed by atoms with van der Waals surface area (Å²) in [5, 5.41) is 0.456. The van der Waals surface area contributed by atoms with Gasteiger partial charge in [-0.3, -0.25) is 25.2 Å². The van der Waals surface area contributed by atoms with Gasteiger partial charge < -0.3 is 4.74 Å². The second-order valence-electron chi connectivity index (χ2n) is 6.16. The van der Waals surface area contributed by atoms with Crippen LogP contribution in [0.5, 0.6) is 5.75 Å². The van der Waals surface area contributed by atoms with Crippen molar-refractivity contribution in [1.82, 2.24) is 20.4 Å². The summed E-state index contributed by atoms with van der Waals surface area (Å²) in [5.74, 6) is -0.228. The summed E-state index contributed by atoms with van der Waals surface area (Å²) in [6.07, 6.45) is -1.42. The summed E-state index contributed by atoms with van der Waals surface area (Å²) < 4.78 is 42.3. The van der Waals surface area contributed by atoms with Crippen LogP contribution in [0.25, 0.3) is 16.6 Å². The summed E-state index contributed by atoms with van der Waals surface area (Å²) in [7, 11) is 0. The number of nitrogens with one attached hydrogen (secondary N) is 2. The summed E-state index contributed by atoms with van der Waals surface area (Å²) in [5.41, 5.74) is 7.78. The number of hydrazine groups is 1. The van der Waals surface area contributed by atoms with Gasteiger partial charge in [-0.15, -0.1) is 13.2 Å². The fourth-order valence-electron chi connectivity index (χ4n) is 3.18. The number of nitrogens with zero attached hydrogens (tertiary/aromatic N) is 2. The van der Waals surface area contributed by atoms with Crippen LogP contribution >= 0.6 is 0 Å². The first-order valence-corrected chi connectivity index (χ1v) is 8.24. The van der Waals surface area contributed by atoms with Crippen LogP contribution in [-0.4, -0.2) is 29.0 Å². The van der Waals surface area contributed by atoms with E-state index in [1.54, 1.807) is 24.5 Å². The molecule has 0 unspecified atom stereocenters. The number of halogens is 3. The van der Waals surface area contributed by atoms with Crippen LogP contribution in [0.4, 0.5) is 13.2 Å². The van der Waals surface area contributed by atoms with Crippen LogP contribution in [0.2, 0.25) is 0 Å². The first-order chi connectivity index (χ1) is 12.9. The molecule has 2 N–H and O–H groups in total. The lowest BCUT2D eigenvalue weighted by Gasteiger charge is -2.15. The number of rotatable bonds is 3. The summed E-state index contributed by atoms with van der Waals surface area (Å²) >= 11 is 0. The van der Waals surface area contributed by atoms with E-state index in [4.69, 9.17) is 0 Å². The number of pyridine rings is 2. The standard InChI is InChI=1S/C18H15F3N4O2/c19-18(20,21)27-13-5-3-12(4-6-13)25-10-15(11-8-23-24-9-11)16-14(17(25)26)2-1-7-22-16/h1-7,10-11,23-24H,8-9H2. The van der Waals surface area contributed by atoms with Gasteiger partial charge in [0.2, 0.25) is 0 Å². The van der Waals surface area contributed by atoms with Crippen LogP contribution in [0.15, 0.2) is 53.6 Å². The third kappa shape index (κ3) is 3.51. The fourth-order valence-corrected chi connectivity index (χ4v) is 3.18. The monoisotopic (exact) mass is 376 g/mol. The zero-order valence-electron chi connectivity index (χ0n) is 14.0. The van der Waals surface area contributed by atoms with Crippen molar-refractivity contribution < 1.29 is 17.9 Å². The number of benzene rings is 1. The zero-order valence-corrected chi connectivity index (χ0v) is 14.0. The minimum Gasteiger partial charge on any atom is -0.406 e. The summed E-state index contributed by atoms with van der Waals surface area (Å²) in [6, 6.07) is 8.58. The van der Waals surface area contributed by atoms with E-state index >= 15 is 0 Å². The highest BCUT2D eigenvalue weighted by Gasteiger charge is 2.31. The lowest BCUT2D eigenvalue weighted by atomic mass is 9.99. The molecule has 1 aliphatic rings. The molecule has 0 bridgehead atoms. The lowest BCUT2D eigenvalue weighted by molar-refractivity contribution is -0.274. The molecule has 0 atom stereocenters. The van der Waals surface area contributed by atoms with Crippen molar-refractivity contribution in [1.29, 1.82) is 0 Å². The predicted octanol–water partition coefficient (Wildman–Crippen LogP) is 2.48. The molecular weight excluding hydrogens is 361 g/mol. The largest absolute Gasteiger partial charge is 0.573 e. The first kappa shape index (κ1) is 17.5. The van der Waals surface area contributed by atoms with Crippen molar-refractivity contribution in [2.45, 2.75) is 12.3 Å². The Morgan fingerprint density at radius 3 is 2.48 bits per heavy atom. The van der Waals surface area contributed by atoms with E-state index in [1.165, 1.54) is 28.8 Å². The highest BCUT2D eigenvalue weighted by Crippen LogP contribution is 2.26. The van der Waals surface area contributed by atoms with Gasteiger partial charge in [0.25, 0.3) is 5.56 Å². The van der Waals surface area contributed by atoms with Crippen molar-refractivity contribution in [2.24, 2.45) is 0 Å². The Kier molecular flexibility index (Phi) is 4.33. The zero-order chi connectivity index (χ0) is 19.0. The van der Waals surface area contributed by atoms with Crippen molar-refractivity contribution in [2.75, 3.05) is 13.1 Å². The summed E-state index contributed by atoms with van der Waals surface area (Å²) in [4.78, 5) is 17.3. The topological polar surface area (TPSA) is 68.2 Å². The van der Waals surface area contributed by atoms with Gasteiger partial charge in [0.1, 0.15) is 5.75 Å². The van der Waals surface area contributed by atoms with Gasteiger partial charge in [-0.2, -0.15) is 0 Å². The molecule has 1 aliphatic heterocycles. The molecule has 6 nitrogen and oxygen atoms in total. The molecular formula is C18H15F3N4O2. The van der Waals surface area contributed by atoms with E-state index in [9.17, 15) is 18.0 Å². The number of ether oxygens (including phenoxy) is 1. The molecule has 2 aromatic heterocycles. The second-order valence-corrected chi connectivity index (χ2v) is 6.16. The van der Waals surface area contributed by atoms with Gasteiger partial charge in [0, 0.05) is 42.7 Å². The fraction of sp³-hybridized carbons (Fsp3) is 0.222. The first-order valence-electron chi connectivity index (χ1n) is 8.24. The molecule has 3 heterocycles. The Bertz CT molecular complexity index is 1030. The number of hydrogen-bond donors (Lipinski definition) is 2. The highest BCUT2D eigenvalue weighted by molar-refractivity contribution is 5.81. The van der Waals surface area contributed by atoms with Crippen molar-refractivity contribution in [3.63, 3.8) is 0 Å². The normalized spacial score (nSPS) is 15.4. The second kappa shape index (κ2) is 6.67. The average Bonchev–Trinajstić information content (AvgIpc) is 3.16. The maximum atomic E-state index is 12.9. The Labute approximate surface area is 151 Å². The number of fused-ring (bicyclic) bond motifs is 1. The van der Waals surface area contributed by atoms with E-state index < -0.39 is 6.36 Å². The average molecular weight is 376 g/mol. The Hall–Kier alpha value is -2.91. The number of alkyl halides is 3. The molecule has 9 heteroatoms. The van der Waals surface area contributed by atoms with E-state index in [1.807, 2.05) is 0 Å². The lowest BCUT2D eigenvalue weighted by Crippen LogP contribution is -2.21. The molecule has 140 valence electrons. The third-order valence-electron chi connectivity index (χ3n) is 4.41. The Balaban J connectivity index is 1.82. The van der Waals surface area contributed by atoms with E-state index in [0.717, 1.165) is 5.56 Å². The molecule has 0 aliphatic carbocycles. The molecule has 3 aromatic rings. The van der Waals surface area contributed by atoms with Crippen LogP contribution in [-0.2, 0) is 0 Å². The Morgan fingerprint density at radius 1 is 1.11 bits per heavy atom. The maximum Gasteiger partial charge on any atom is 0.573 e. The SMILES string of the molecule is O=c1c2cccnc2c(C2CNNC2)cn1-c1ccc(OC(F)(F)F)cc1. The van der Waals surface area contributed by atoms with Crippen LogP contribution < -0.4 is 21.1 Å². The molecule has 0 saturated carbocycles. The highest BCUT2D eigenvalue weighted by atomic mass is 19.4. The molecule has 27 heavy (non-hydrogen) atoms. The minimum absolute atomic E-state index is 0.113. The minimum atomic E-state index is -4.76. The molecule has 1 fully saturated rings. The quantitative estimate of drug-likeness (QED) is 0.735. The molecule has 0 spiro atoms. The third-order valence-corrected chi connectivity index (χ3v) is 4.41. The van der Waals surface area contributed by atoms with Crippen LogP contribution in [0.1, 0.15) is 11.5 Å². The van der Waals surface area contributed by atoms with Crippen molar-refractivity contribution >= 4 is 10.9 Å². The van der Waals surface area contributed by atoms with Gasteiger partial charge in [-0.25, -0.2) is 0 Å². The van der Waals surface area contributed by atoms with Crippen molar-refractivity contribution in [3.05, 3.63) is 64.7 Å². The van der Waals surface area contributed by atoms with E-state index in [0.29, 0.717) is 29.7 Å². The maximum absolute atomic E-state index is 12.9. The van der Waals surface area contributed by atoms with Gasteiger partial charge in [-0.05, 0) is 36.4 Å². The number of aromatic nitrogens is 2.